The Morgan fingerprint density at radius 3 is 2.69 bits per heavy atom. The Bertz CT molecular complexity index is 392. The van der Waals surface area contributed by atoms with Crippen LogP contribution in [0.5, 0.6) is 0 Å². The van der Waals surface area contributed by atoms with E-state index in [2.05, 4.69) is 10.3 Å². The predicted molar refractivity (Wildman–Crippen MR) is 57.9 cm³/mol. The summed E-state index contributed by atoms with van der Waals surface area (Å²) < 4.78 is 31.0. The molecule has 2 rings (SSSR count). The second-order valence-electron chi connectivity index (χ2n) is 3.65. The minimum atomic E-state index is -2.89. The van der Waals surface area contributed by atoms with Crippen molar-refractivity contribution in [1.29, 1.82) is 0 Å². The summed E-state index contributed by atoms with van der Waals surface area (Å²) in [6.45, 7) is 0.738. The summed E-state index contributed by atoms with van der Waals surface area (Å²) in [5, 5.41) is 2.84. The van der Waals surface area contributed by atoms with Gasteiger partial charge in [0.15, 0.2) is 6.61 Å². The highest BCUT2D eigenvalue weighted by Crippen LogP contribution is 2.25. The van der Waals surface area contributed by atoms with E-state index >= 15 is 0 Å². The Morgan fingerprint density at radius 1 is 1.38 bits per heavy atom. The summed E-state index contributed by atoms with van der Waals surface area (Å²) in [7, 11) is 0. The number of ether oxygens (including phenoxy) is 1. The van der Waals surface area contributed by atoms with Gasteiger partial charge in [0.1, 0.15) is 6.04 Å². The summed E-state index contributed by atoms with van der Waals surface area (Å²) >= 11 is 0. The van der Waals surface area contributed by atoms with E-state index < -0.39 is 18.6 Å². The molecule has 0 bridgehead atoms. The Balaban J connectivity index is 2.08. The number of benzene rings is 1. The summed E-state index contributed by atoms with van der Waals surface area (Å²) in [5.41, 5.74) is 0.763. The molecule has 5 heteroatoms. The van der Waals surface area contributed by atoms with Crippen molar-refractivity contribution in [1.82, 2.24) is 0 Å². The Hall–Kier alpha value is -1.65. The minimum Gasteiger partial charge on any atom is -0.459 e. The number of nitrogens with one attached hydrogen (secondary N) is 1. The molecule has 1 aromatic carbocycles. The first-order valence-corrected chi connectivity index (χ1v) is 4.98. The van der Waals surface area contributed by atoms with Crippen LogP contribution >= 0.6 is 0 Å². The number of nitrogens with zero attached hydrogens (tertiary/aromatic N) is 1. The van der Waals surface area contributed by atoms with Gasteiger partial charge in [0, 0.05) is 5.69 Å². The van der Waals surface area contributed by atoms with E-state index in [0.717, 1.165) is 5.69 Å². The van der Waals surface area contributed by atoms with Crippen LogP contribution in [0.15, 0.2) is 35.3 Å². The highest BCUT2D eigenvalue weighted by molar-refractivity contribution is 5.89. The zero-order valence-electron chi connectivity index (χ0n) is 8.78. The molecular weight excluding hydrogens is 214 g/mol. The summed E-state index contributed by atoms with van der Waals surface area (Å²) in [4.78, 5) is 3.76. The van der Waals surface area contributed by atoms with Crippen molar-refractivity contribution in [3.05, 3.63) is 30.3 Å². The van der Waals surface area contributed by atoms with E-state index in [0.29, 0.717) is 0 Å². The van der Waals surface area contributed by atoms with Gasteiger partial charge in [-0.1, -0.05) is 18.2 Å². The molecule has 1 atom stereocenters. The highest BCUT2D eigenvalue weighted by atomic mass is 19.3. The largest absolute Gasteiger partial charge is 0.459 e. The molecule has 0 aromatic heterocycles. The first-order valence-electron chi connectivity index (χ1n) is 4.98. The smallest absolute Gasteiger partial charge is 0.303 e. The molecule has 1 unspecified atom stereocenters. The molecule has 3 nitrogen and oxygen atoms in total. The van der Waals surface area contributed by atoms with E-state index in [1.54, 1.807) is 0 Å². The minimum absolute atomic E-state index is 0.143. The molecule has 0 fully saturated rings. The van der Waals surface area contributed by atoms with Crippen LogP contribution in [-0.4, -0.2) is 24.6 Å². The SMILES string of the molecule is CC1N=C(Nc2ccccc2)OCC1(F)F. The van der Waals surface area contributed by atoms with Crippen LogP contribution in [0.3, 0.4) is 0 Å². The first-order chi connectivity index (χ1) is 7.58. The normalized spacial score (nSPS) is 23.2. The molecule has 86 valence electrons. The van der Waals surface area contributed by atoms with Gasteiger partial charge < -0.3 is 10.1 Å². The standard InChI is InChI=1S/C11H12F2N2O/c1-8-11(12,13)7-16-10(14-8)15-9-5-3-2-4-6-9/h2-6,8H,7H2,1H3,(H,14,15). The molecular formula is C11H12F2N2O. The van der Waals surface area contributed by atoms with Gasteiger partial charge in [0.05, 0.1) is 0 Å². The van der Waals surface area contributed by atoms with Crippen molar-refractivity contribution >= 4 is 11.7 Å². The molecule has 0 spiro atoms. The number of hydrogen-bond donors (Lipinski definition) is 1. The molecule has 16 heavy (non-hydrogen) atoms. The van der Waals surface area contributed by atoms with Gasteiger partial charge in [0.2, 0.25) is 0 Å². The first kappa shape index (κ1) is 10.9. The van der Waals surface area contributed by atoms with Crippen LogP contribution in [-0.2, 0) is 4.74 Å². The molecule has 1 N–H and O–H groups in total. The maximum Gasteiger partial charge on any atom is 0.303 e. The lowest BCUT2D eigenvalue weighted by atomic mass is 10.2. The van der Waals surface area contributed by atoms with Gasteiger partial charge in [-0.15, -0.1) is 0 Å². The number of aliphatic imine (C=N–C) groups is 1. The zero-order valence-corrected chi connectivity index (χ0v) is 8.78. The number of halogens is 2. The van der Waals surface area contributed by atoms with Crippen molar-refractivity contribution in [2.45, 2.75) is 18.9 Å². The summed E-state index contributed by atoms with van der Waals surface area (Å²) in [6.07, 6.45) is 0. The fourth-order valence-electron chi connectivity index (χ4n) is 1.31. The zero-order chi connectivity index (χ0) is 11.6. The van der Waals surface area contributed by atoms with E-state index in [4.69, 9.17) is 4.74 Å². The van der Waals surface area contributed by atoms with Crippen molar-refractivity contribution in [3.8, 4) is 0 Å². The van der Waals surface area contributed by atoms with Crippen LogP contribution in [0.4, 0.5) is 14.5 Å². The van der Waals surface area contributed by atoms with Crippen LogP contribution in [0.2, 0.25) is 0 Å². The second kappa shape index (κ2) is 4.08. The van der Waals surface area contributed by atoms with Crippen LogP contribution < -0.4 is 5.32 Å². The number of anilines is 1. The van der Waals surface area contributed by atoms with Gasteiger partial charge in [-0.25, -0.2) is 13.8 Å². The monoisotopic (exact) mass is 226 g/mol. The molecule has 1 heterocycles. The maximum absolute atomic E-state index is 13.1. The lowest BCUT2D eigenvalue weighted by Gasteiger charge is -2.27. The lowest BCUT2D eigenvalue weighted by Crippen LogP contribution is -2.42. The van der Waals surface area contributed by atoms with Crippen molar-refractivity contribution < 1.29 is 13.5 Å². The topological polar surface area (TPSA) is 33.6 Å². The fourth-order valence-corrected chi connectivity index (χ4v) is 1.31. The molecule has 0 saturated carbocycles. The molecule has 0 radical (unpaired) electrons. The van der Waals surface area contributed by atoms with Crippen molar-refractivity contribution in [2.75, 3.05) is 11.9 Å². The van der Waals surface area contributed by atoms with Crippen LogP contribution in [0.1, 0.15) is 6.92 Å². The van der Waals surface area contributed by atoms with Gasteiger partial charge >= 0.3 is 5.92 Å². The number of rotatable bonds is 1. The van der Waals surface area contributed by atoms with Gasteiger partial charge in [-0.3, -0.25) is 0 Å². The van der Waals surface area contributed by atoms with Gasteiger partial charge in [0.25, 0.3) is 6.02 Å². The van der Waals surface area contributed by atoms with E-state index in [-0.39, 0.29) is 6.02 Å². The fraction of sp³-hybridized carbons (Fsp3) is 0.364. The highest BCUT2D eigenvalue weighted by Gasteiger charge is 2.41. The molecule has 0 amide bonds. The van der Waals surface area contributed by atoms with Gasteiger partial charge in [-0.2, -0.15) is 0 Å². The third kappa shape index (κ3) is 2.29. The molecule has 0 aliphatic carbocycles. The Labute approximate surface area is 92.1 Å². The van der Waals surface area contributed by atoms with Crippen LogP contribution in [0, 0.1) is 0 Å². The average Bonchev–Trinajstić information content (AvgIpc) is 2.26. The van der Waals surface area contributed by atoms with E-state index in [1.165, 1.54) is 6.92 Å². The summed E-state index contributed by atoms with van der Waals surface area (Å²) in [6, 6.07) is 8.24. The number of alkyl halides is 2. The Kier molecular flexibility index (Phi) is 2.77. The Morgan fingerprint density at radius 2 is 2.06 bits per heavy atom. The quantitative estimate of drug-likeness (QED) is 0.798. The van der Waals surface area contributed by atoms with Crippen molar-refractivity contribution in [2.24, 2.45) is 4.99 Å². The third-order valence-electron chi connectivity index (χ3n) is 2.35. The average molecular weight is 226 g/mol. The number of hydrogen-bond acceptors (Lipinski definition) is 3. The lowest BCUT2D eigenvalue weighted by molar-refractivity contribution is -0.0716. The van der Waals surface area contributed by atoms with E-state index in [1.807, 2.05) is 30.3 Å². The third-order valence-corrected chi connectivity index (χ3v) is 2.35. The number of para-hydroxylation sites is 1. The van der Waals surface area contributed by atoms with Crippen LogP contribution in [0.25, 0.3) is 0 Å². The predicted octanol–water partition coefficient (Wildman–Crippen LogP) is 2.51. The van der Waals surface area contributed by atoms with E-state index in [9.17, 15) is 8.78 Å². The molecule has 0 saturated heterocycles. The van der Waals surface area contributed by atoms with Crippen molar-refractivity contribution in [3.63, 3.8) is 0 Å². The summed E-state index contributed by atoms with van der Waals surface area (Å²) in [5.74, 6) is -2.89. The maximum atomic E-state index is 13.1. The molecule has 1 aliphatic heterocycles. The second-order valence-corrected chi connectivity index (χ2v) is 3.65. The number of amidine groups is 1. The van der Waals surface area contributed by atoms with Gasteiger partial charge in [-0.05, 0) is 19.1 Å². The molecule has 1 aliphatic rings. The molecule has 1 aromatic rings.